The van der Waals surface area contributed by atoms with Gasteiger partial charge in [0.25, 0.3) is 5.69 Å². The van der Waals surface area contributed by atoms with Crippen molar-refractivity contribution in [3.05, 3.63) is 103 Å². The third-order valence-corrected chi connectivity index (χ3v) is 7.76. The highest BCUT2D eigenvalue weighted by molar-refractivity contribution is 14.1. The largest absolute Gasteiger partial charge is 0.349 e. The molecule has 36 heavy (non-hydrogen) atoms. The Bertz CT molecular complexity index is 1460. The first-order chi connectivity index (χ1) is 17.3. The van der Waals surface area contributed by atoms with Crippen LogP contribution in [0.25, 0.3) is 0 Å². The van der Waals surface area contributed by atoms with Crippen LogP contribution < -0.4 is 4.90 Å². The van der Waals surface area contributed by atoms with Gasteiger partial charge in [0.2, 0.25) is 29.0 Å². The van der Waals surface area contributed by atoms with Crippen LogP contribution in [0, 0.1) is 25.5 Å². The first kappa shape index (κ1) is 22.7. The Morgan fingerprint density at radius 3 is 1.97 bits per heavy atom. The number of nitro benzene ring substituents is 1. The molecule has 2 amide bonds. The minimum Gasteiger partial charge on any atom is -0.349 e. The molecule has 10 heteroatoms. The third kappa shape index (κ3) is 2.91. The van der Waals surface area contributed by atoms with E-state index in [-0.39, 0.29) is 22.5 Å². The van der Waals surface area contributed by atoms with E-state index in [2.05, 4.69) is 22.6 Å². The van der Waals surface area contributed by atoms with Crippen molar-refractivity contribution in [2.24, 2.45) is 11.8 Å². The minimum absolute atomic E-state index is 0.122. The number of imide groups is 1. The Hall–Kier alpha value is -3.77. The number of carbonyl (C=O) groups excluding carboxylic acids is 4. The summed E-state index contributed by atoms with van der Waals surface area (Å²) in [6.45, 7) is 0. The van der Waals surface area contributed by atoms with Crippen molar-refractivity contribution in [1.29, 1.82) is 0 Å². The molecule has 2 heterocycles. The van der Waals surface area contributed by atoms with E-state index in [1.165, 1.54) is 36.4 Å². The van der Waals surface area contributed by atoms with Gasteiger partial charge in [-0.15, -0.1) is 0 Å². The number of ketones is 2. The van der Waals surface area contributed by atoms with Gasteiger partial charge in [-0.25, -0.2) is 4.90 Å². The van der Waals surface area contributed by atoms with E-state index in [4.69, 9.17) is 4.74 Å². The summed E-state index contributed by atoms with van der Waals surface area (Å²) in [5.41, 5.74) is -1.38. The number of ether oxygens (including phenoxy) is 1. The highest BCUT2D eigenvalue weighted by atomic mass is 127. The van der Waals surface area contributed by atoms with Gasteiger partial charge in [-0.05, 0) is 52.4 Å². The van der Waals surface area contributed by atoms with Crippen molar-refractivity contribution in [2.45, 2.75) is 11.7 Å². The van der Waals surface area contributed by atoms with E-state index >= 15 is 0 Å². The van der Waals surface area contributed by atoms with Crippen LogP contribution >= 0.6 is 22.6 Å². The maximum absolute atomic E-state index is 13.8. The summed E-state index contributed by atoms with van der Waals surface area (Å²) in [6.07, 6.45) is -1.02. The Morgan fingerprint density at radius 2 is 1.42 bits per heavy atom. The first-order valence-electron chi connectivity index (χ1n) is 11.0. The van der Waals surface area contributed by atoms with Gasteiger partial charge < -0.3 is 4.74 Å². The topological polar surface area (TPSA) is 124 Å². The fraction of sp³-hybridized carbons (Fsp3) is 0.154. The number of benzene rings is 3. The number of amides is 2. The second-order valence-electron chi connectivity index (χ2n) is 8.82. The number of nitrogens with zero attached hydrogens (tertiary/aromatic N) is 2. The highest BCUT2D eigenvalue weighted by Crippen LogP contribution is 2.57. The zero-order valence-corrected chi connectivity index (χ0v) is 20.4. The van der Waals surface area contributed by atoms with Crippen molar-refractivity contribution >= 4 is 57.3 Å². The van der Waals surface area contributed by atoms with Crippen molar-refractivity contribution < 1.29 is 28.8 Å². The molecule has 3 atom stereocenters. The van der Waals surface area contributed by atoms with Gasteiger partial charge >= 0.3 is 0 Å². The minimum atomic E-state index is -2.16. The molecule has 1 spiro atoms. The van der Waals surface area contributed by atoms with Gasteiger partial charge in [0.1, 0.15) is 0 Å². The first-order valence-corrected chi connectivity index (χ1v) is 12.1. The van der Waals surface area contributed by atoms with Gasteiger partial charge in [-0.2, -0.15) is 0 Å². The summed E-state index contributed by atoms with van der Waals surface area (Å²) >= 11 is 2.13. The summed E-state index contributed by atoms with van der Waals surface area (Å²) in [5, 5.41) is 11.1. The van der Waals surface area contributed by atoms with Crippen LogP contribution in [-0.4, -0.2) is 33.9 Å². The summed E-state index contributed by atoms with van der Waals surface area (Å²) in [4.78, 5) is 66.4. The van der Waals surface area contributed by atoms with E-state index in [0.29, 0.717) is 5.56 Å². The predicted molar refractivity (Wildman–Crippen MR) is 133 cm³/mol. The number of halogens is 1. The lowest BCUT2D eigenvalue weighted by Gasteiger charge is -2.27. The molecule has 2 aliphatic heterocycles. The monoisotopic (exact) mass is 594 g/mol. The molecule has 0 N–H and O–H groups in total. The highest BCUT2D eigenvalue weighted by Gasteiger charge is 2.74. The maximum Gasteiger partial charge on any atom is 0.269 e. The number of hydrogen-bond acceptors (Lipinski definition) is 7. The molecule has 2 saturated heterocycles. The second-order valence-corrected chi connectivity index (χ2v) is 10.1. The average Bonchev–Trinajstić information content (AvgIpc) is 3.44. The third-order valence-electron chi connectivity index (χ3n) is 7.04. The van der Waals surface area contributed by atoms with Gasteiger partial charge in [0.15, 0.2) is 0 Å². The van der Waals surface area contributed by atoms with Crippen LogP contribution in [0.5, 0.6) is 0 Å². The SMILES string of the molecule is O=C1[C@H]2[C@@H](C(=O)N1c1ccc([N+](=O)[O-])cc1)C1(O[C@H]2c2ccc(I)cc2)C(=O)c2ccccc2C1=O. The van der Waals surface area contributed by atoms with Crippen molar-refractivity contribution in [2.75, 3.05) is 4.90 Å². The van der Waals surface area contributed by atoms with Crippen molar-refractivity contribution in [3.63, 3.8) is 0 Å². The molecular formula is C26H15IN2O7. The van der Waals surface area contributed by atoms with Crippen LogP contribution in [0.15, 0.2) is 72.8 Å². The van der Waals surface area contributed by atoms with Crippen LogP contribution in [0.2, 0.25) is 0 Å². The normalized spacial score (nSPS) is 23.9. The lowest BCUT2D eigenvalue weighted by Crippen LogP contribution is -2.51. The number of carbonyl (C=O) groups is 4. The number of fused-ring (bicyclic) bond motifs is 3. The number of anilines is 1. The molecule has 0 saturated carbocycles. The van der Waals surface area contributed by atoms with E-state index in [1.54, 1.807) is 24.3 Å². The van der Waals surface area contributed by atoms with Gasteiger partial charge in [0.05, 0.1) is 28.6 Å². The number of Topliss-reactive ketones (excluding diaryl/α,β-unsaturated/α-hetero) is 2. The van der Waals surface area contributed by atoms with E-state index in [1.807, 2.05) is 12.1 Å². The van der Waals surface area contributed by atoms with E-state index < -0.39 is 51.8 Å². The molecule has 3 aromatic rings. The Morgan fingerprint density at radius 1 is 0.833 bits per heavy atom. The maximum atomic E-state index is 13.8. The van der Waals surface area contributed by atoms with E-state index in [0.717, 1.165) is 8.47 Å². The van der Waals surface area contributed by atoms with E-state index in [9.17, 15) is 29.3 Å². The fourth-order valence-corrected chi connectivity index (χ4v) is 5.81. The molecule has 0 unspecified atom stereocenters. The van der Waals surface area contributed by atoms with Crippen LogP contribution in [0.1, 0.15) is 32.4 Å². The molecule has 3 aromatic carbocycles. The standard InChI is InChI=1S/C26H15IN2O7/c27-14-7-5-13(6-8-14)21-19-20(26(36-21)22(30)17-3-1-2-4-18(17)23(26)31)25(33)28(24(19)32)15-9-11-16(12-10-15)29(34)35/h1-12,19-21H/t19-,20-,21-/m0/s1. The lowest BCUT2D eigenvalue weighted by molar-refractivity contribution is -0.384. The van der Waals surface area contributed by atoms with Crippen molar-refractivity contribution in [1.82, 2.24) is 0 Å². The van der Waals surface area contributed by atoms with Crippen LogP contribution in [0.4, 0.5) is 11.4 Å². The summed E-state index contributed by atoms with van der Waals surface area (Å²) < 4.78 is 7.16. The molecule has 0 aromatic heterocycles. The quantitative estimate of drug-likeness (QED) is 0.148. The molecule has 6 rings (SSSR count). The number of non-ortho nitro benzene ring substituents is 1. The van der Waals surface area contributed by atoms with Gasteiger partial charge in [0, 0.05) is 26.8 Å². The molecule has 3 aliphatic rings. The van der Waals surface area contributed by atoms with Crippen LogP contribution in [-0.2, 0) is 14.3 Å². The Balaban J connectivity index is 1.51. The van der Waals surface area contributed by atoms with Gasteiger partial charge in [-0.3, -0.25) is 29.3 Å². The fourth-order valence-electron chi connectivity index (χ4n) is 5.45. The molecule has 0 bridgehead atoms. The molecule has 1 aliphatic carbocycles. The smallest absolute Gasteiger partial charge is 0.269 e. The summed E-state index contributed by atoms with van der Waals surface area (Å²) in [5.74, 6) is -5.17. The predicted octanol–water partition coefficient (Wildman–Crippen LogP) is 3.89. The molecule has 178 valence electrons. The summed E-state index contributed by atoms with van der Waals surface area (Å²) in [6, 6.07) is 18.3. The average molecular weight is 594 g/mol. The second kappa shape index (κ2) is 7.87. The molecule has 0 radical (unpaired) electrons. The summed E-state index contributed by atoms with van der Waals surface area (Å²) in [7, 11) is 0. The number of hydrogen-bond donors (Lipinski definition) is 0. The Kier molecular flexibility index (Phi) is 4.96. The van der Waals surface area contributed by atoms with Crippen molar-refractivity contribution in [3.8, 4) is 0 Å². The molecular weight excluding hydrogens is 579 g/mol. The molecule has 9 nitrogen and oxygen atoms in total. The van der Waals surface area contributed by atoms with Crippen LogP contribution in [0.3, 0.4) is 0 Å². The zero-order chi connectivity index (χ0) is 25.4. The number of rotatable bonds is 3. The zero-order valence-electron chi connectivity index (χ0n) is 18.3. The lowest BCUT2D eigenvalue weighted by atomic mass is 9.77. The van der Waals surface area contributed by atoms with Gasteiger partial charge in [-0.1, -0.05) is 36.4 Å². The number of nitro groups is 1. The molecule has 2 fully saturated rings. The Labute approximate surface area is 217 Å².